The van der Waals surface area contributed by atoms with E-state index in [2.05, 4.69) is 5.32 Å². The van der Waals surface area contributed by atoms with Crippen molar-refractivity contribution in [1.82, 2.24) is 0 Å². The third kappa shape index (κ3) is 4.52. The molecule has 0 aromatic heterocycles. The first-order valence-corrected chi connectivity index (χ1v) is 11.9. The number of carbonyl (C=O) groups is 2. The Morgan fingerprint density at radius 1 is 1.00 bits per heavy atom. The third-order valence-corrected chi connectivity index (χ3v) is 6.74. The largest absolute Gasteiger partial charge is 0.497 e. The van der Waals surface area contributed by atoms with E-state index in [1.807, 2.05) is 30.3 Å². The molecule has 0 bridgehead atoms. The number of nitrogens with one attached hydrogen (secondary N) is 1. The van der Waals surface area contributed by atoms with E-state index >= 15 is 0 Å². The number of hydrogen-bond donors (Lipinski definition) is 1. The van der Waals surface area contributed by atoms with Gasteiger partial charge in [-0.1, -0.05) is 23.7 Å². The maximum Gasteiger partial charge on any atom is 0.231 e. The zero-order valence-corrected chi connectivity index (χ0v) is 20.6. The third-order valence-electron chi connectivity index (χ3n) is 6.44. The van der Waals surface area contributed by atoms with Gasteiger partial charge in [0.1, 0.15) is 11.5 Å². The number of halogens is 1. The second-order valence-electron chi connectivity index (χ2n) is 8.50. The van der Waals surface area contributed by atoms with E-state index in [4.69, 9.17) is 30.5 Å². The molecule has 186 valence electrons. The average molecular weight is 509 g/mol. The van der Waals surface area contributed by atoms with Gasteiger partial charge in [-0.15, -0.1) is 0 Å². The number of ether oxygens (including phenoxy) is 4. The van der Waals surface area contributed by atoms with Gasteiger partial charge in [-0.05, 0) is 54.4 Å². The van der Waals surface area contributed by atoms with E-state index < -0.39 is 12.0 Å². The van der Waals surface area contributed by atoms with Crippen LogP contribution in [0, 0.1) is 5.92 Å². The summed E-state index contributed by atoms with van der Waals surface area (Å²) in [4.78, 5) is 28.6. The Labute approximate surface area is 213 Å². The molecule has 36 heavy (non-hydrogen) atoms. The lowest BCUT2D eigenvalue weighted by Gasteiger charge is -2.41. The summed E-state index contributed by atoms with van der Waals surface area (Å²) >= 11 is 6.26. The number of amides is 2. The Bertz CT molecular complexity index is 1300. The van der Waals surface area contributed by atoms with Crippen LogP contribution >= 0.6 is 11.6 Å². The van der Waals surface area contributed by atoms with Crippen molar-refractivity contribution in [2.75, 3.05) is 31.2 Å². The van der Waals surface area contributed by atoms with Gasteiger partial charge < -0.3 is 29.2 Å². The maximum absolute atomic E-state index is 13.6. The highest BCUT2D eigenvalue weighted by Crippen LogP contribution is 2.44. The van der Waals surface area contributed by atoms with Crippen molar-refractivity contribution in [2.24, 2.45) is 5.92 Å². The van der Waals surface area contributed by atoms with Crippen molar-refractivity contribution in [1.29, 1.82) is 0 Å². The predicted molar refractivity (Wildman–Crippen MR) is 135 cm³/mol. The molecule has 0 aliphatic carbocycles. The highest BCUT2D eigenvalue weighted by Gasteiger charge is 2.42. The summed E-state index contributed by atoms with van der Waals surface area (Å²) in [6.07, 6.45) is 0.620. The first-order valence-electron chi connectivity index (χ1n) is 11.5. The molecule has 3 aromatic rings. The number of piperidine rings is 1. The normalized spacial score (nSPS) is 18.6. The van der Waals surface area contributed by atoms with Crippen molar-refractivity contribution < 1.29 is 28.5 Å². The van der Waals surface area contributed by atoms with Crippen molar-refractivity contribution in [2.45, 2.75) is 18.9 Å². The number of nitrogens with zero attached hydrogens (tertiary/aromatic N) is 1. The molecule has 2 atom stereocenters. The molecule has 5 rings (SSSR count). The molecule has 3 aromatic carbocycles. The molecule has 1 fully saturated rings. The fourth-order valence-corrected chi connectivity index (χ4v) is 4.93. The summed E-state index contributed by atoms with van der Waals surface area (Å²) < 4.78 is 21.5. The zero-order valence-electron chi connectivity index (χ0n) is 19.8. The van der Waals surface area contributed by atoms with E-state index in [1.54, 1.807) is 42.3 Å². The van der Waals surface area contributed by atoms with E-state index in [0.29, 0.717) is 45.8 Å². The zero-order chi connectivity index (χ0) is 25.2. The topological polar surface area (TPSA) is 86.3 Å². The Balaban J connectivity index is 1.52. The molecule has 1 N–H and O–H groups in total. The van der Waals surface area contributed by atoms with Crippen LogP contribution in [0.1, 0.15) is 24.4 Å². The van der Waals surface area contributed by atoms with Crippen LogP contribution in [-0.4, -0.2) is 32.8 Å². The molecule has 0 spiro atoms. The number of rotatable bonds is 6. The molecule has 0 radical (unpaired) electrons. The van der Waals surface area contributed by atoms with Crippen LogP contribution in [0.3, 0.4) is 0 Å². The minimum absolute atomic E-state index is 0.0776. The van der Waals surface area contributed by atoms with Gasteiger partial charge in [-0.2, -0.15) is 0 Å². The maximum atomic E-state index is 13.6. The molecule has 8 nitrogen and oxygen atoms in total. The standard InChI is InChI=1S/C27H25ClN2O6/c1-33-19-7-3-16(4-8-19)26-20(27(32)29-17-5-10-22(34-2)21(28)13-17)9-12-25(31)30(26)18-6-11-23-24(14-18)36-15-35-23/h3-8,10-11,13-14,20,26H,9,12,15H2,1-2H3,(H,29,32)/t20-,26-/m0/s1. The molecule has 0 saturated carbocycles. The molecule has 2 aliphatic heterocycles. The van der Waals surface area contributed by atoms with Gasteiger partial charge in [-0.3, -0.25) is 9.59 Å². The second kappa shape index (κ2) is 9.99. The van der Waals surface area contributed by atoms with Crippen LogP contribution < -0.4 is 29.2 Å². The monoisotopic (exact) mass is 508 g/mol. The number of hydrogen-bond acceptors (Lipinski definition) is 6. The Hall–Kier alpha value is -3.91. The van der Waals surface area contributed by atoms with E-state index in [0.717, 1.165) is 5.56 Å². The fraction of sp³-hybridized carbons (Fsp3) is 0.259. The van der Waals surface area contributed by atoms with Crippen LogP contribution in [0.5, 0.6) is 23.0 Å². The van der Waals surface area contributed by atoms with Gasteiger partial charge in [-0.25, -0.2) is 0 Å². The molecule has 0 unspecified atom stereocenters. The van der Waals surface area contributed by atoms with Gasteiger partial charge in [0.25, 0.3) is 0 Å². The minimum Gasteiger partial charge on any atom is -0.497 e. The van der Waals surface area contributed by atoms with E-state index in [1.165, 1.54) is 7.11 Å². The molecular formula is C27H25ClN2O6. The summed E-state index contributed by atoms with van der Waals surface area (Å²) in [7, 11) is 3.12. The Morgan fingerprint density at radius 2 is 1.78 bits per heavy atom. The van der Waals surface area contributed by atoms with Gasteiger partial charge in [0.2, 0.25) is 18.6 Å². The SMILES string of the molecule is COc1ccc([C@H]2[C@@H](C(=O)Nc3ccc(OC)c(Cl)c3)CCC(=O)N2c2ccc3c(c2)OCO3)cc1. The molecule has 2 aliphatic rings. The van der Waals surface area contributed by atoms with Crippen molar-refractivity contribution >= 4 is 34.8 Å². The minimum atomic E-state index is -0.550. The van der Waals surface area contributed by atoms with Gasteiger partial charge >= 0.3 is 0 Å². The van der Waals surface area contributed by atoms with Crippen LogP contribution in [0.4, 0.5) is 11.4 Å². The highest BCUT2D eigenvalue weighted by atomic mass is 35.5. The molecule has 2 heterocycles. The number of carbonyl (C=O) groups excluding carboxylic acids is 2. The first-order chi connectivity index (χ1) is 17.5. The van der Waals surface area contributed by atoms with Crippen molar-refractivity contribution in [3.8, 4) is 23.0 Å². The molecule has 9 heteroatoms. The van der Waals surface area contributed by atoms with Crippen LogP contribution in [-0.2, 0) is 9.59 Å². The first kappa shape index (κ1) is 23.8. The Kier molecular flexibility index (Phi) is 6.61. The summed E-state index contributed by atoms with van der Waals surface area (Å²) in [5.41, 5.74) is 2.00. The van der Waals surface area contributed by atoms with Crippen LogP contribution in [0.25, 0.3) is 0 Å². The quantitative estimate of drug-likeness (QED) is 0.492. The summed E-state index contributed by atoms with van der Waals surface area (Å²) in [5, 5.41) is 3.36. The van der Waals surface area contributed by atoms with Crippen molar-refractivity contribution in [3.05, 3.63) is 71.2 Å². The summed E-state index contributed by atoms with van der Waals surface area (Å²) in [6, 6.07) is 17.3. The van der Waals surface area contributed by atoms with Crippen LogP contribution in [0.2, 0.25) is 5.02 Å². The van der Waals surface area contributed by atoms with Crippen molar-refractivity contribution in [3.63, 3.8) is 0 Å². The average Bonchev–Trinajstić information content (AvgIpc) is 3.36. The number of fused-ring (bicyclic) bond motifs is 1. The highest BCUT2D eigenvalue weighted by molar-refractivity contribution is 6.32. The van der Waals surface area contributed by atoms with Gasteiger partial charge in [0, 0.05) is 23.9 Å². The summed E-state index contributed by atoms with van der Waals surface area (Å²) in [6.45, 7) is 0.129. The fourth-order valence-electron chi connectivity index (χ4n) is 4.67. The lowest BCUT2D eigenvalue weighted by molar-refractivity contribution is -0.125. The smallest absolute Gasteiger partial charge is 0.231 e. The van der Waals surface area contributed by atoms with Gasteiger partial charge in [0.15, 0.2) is 11.5 Å². The van der Waals surface area contributed by atoms with Gasteiger partial charge in [0.05, 0.1) is 31.2 Å². The number of anilines is 2. The van der Waals surface area contributed by atoms with Crippen LogP contribution in [0.15, 0.2) is 60.7 Å². The number of methoxy groups -OCH3 is 2. The summed E-state index contributed by atoms with van der Waals surface area (Å²) in [5.74, 6) is 1.57. The second-order valence-corrected chi connectivity index (χ2v) is 8.91. The molecule has 1 saturated heterocycles. The lowest BCUT2D eigenvalue weighted by Crippen LogP contribution is -2.47. The predicted octanol–water partition coefficient (Wildman–Crippen LogP) is 5.21. The molecular weight excluding hydrogens is 484 g/mol. The Morgan fingerprint density at radius 3 is 2.50 bits per heavy atom. The lowest BCUT2D eigenvalue weighted by atomic mass is 9.83. The van der Waals surface area contributed by atoms with E-state index in [9.17, 15) is 9.59 Å². The number of benzene rings is 3. The van der Waals surface area contributed by atoms with E-state index in [-0.39, 0.29) is 25.0 Å². The molecule has 2 amide bonds.